The van der Waals surface area contributed by atoms with Gasteiger partial charge in [-0.1, -0.05) is 60.7 Å². The molecule has 0 fully saturated rings. The quantitative estimate of drug-likeness (QED) is 0.323. The van der Waals surface area contributed by atoms with Crippen LogP contribution in [0.2, 0.25) is 0 Å². The second-order valence-corrected chi connectivity index (χ2v) is 7.45. The van der Waals surface area contributed by atoms with Crippen molar-refractivity contribution in [3.05, 3.63) is 71.8 Å². The SMILES string of the molecule is CCOC(CN(CCC(c1ccccc1)c1ccccc1)CC(C=O)NC(=O)O)OCC. The largest absolute Gasteiger partial charge is 0.465 e. The first kappa shape index (κ1) is 25.5. The minimum Gasteiger partial charge on any atom is -0.465 e. The Morgan fingerprint density at radius 3 is 1.94 bits per heavy atom. The highest BCUT2D eigenvalue weighted by atomic mass is 16.7. The van der Waals surface area contributed by atoms with Gasteiger partial charge in [0.1, 0.15) is 12.3 Å². The fourth-order valence-corrected chi connectivity index (χ4v) is 3.76. The van der Waals surface area contributed by atoms with Crippen LogP contribution in [-0.2, 0) is 14.3 Å². The van der Waals surface area contributed by atoms with Gasteiger partial charge >= 0.3 is 6.09 Å². The summed E-state index contributed by atoms with van der Waals surface area (Å²) in [6.45, 7) is 6.11. The van der Waals surface area contributed by atoms with Crippen molar-refractivity contribution >= 4 is 12.4 Å². The van der Waals surface area contributed by atoms with E-state index in [9.17, 15) is 9.59 Å². The van der Waals surface area contributed by atoms with Crippen LogP contribution in [-0.4, -0.2) is 67.6 Å². The zero-order chi connectivity index (χ0) is 23.2. The van der Waals surface area contributed by atoms with E-state index < -0.39 is 18.4 Å². The molecular formula is C25H34N2O5. The Hall–Kier alpha value is -2.74. The summed E-state index contributed by atoms with van der Waals surface area (Å²) < 4.78 is 11.4. The molecule has 0 aliphatic rings. The van der Waals surface area contributed by atoms with Crippen LogP contribution in [0.3, 0.4) is 0 Å². The summed E-state index contributed by atoms with van der Waals surface area (Å²) in [6, 6.07) is 19.8. The maximum absolute atomic E-state index is 11.5. The smallest absolute Gasteiger partial charge is 0.405 e. The molecule has 7 nitrogen and oxygen atoms in total. The number of benzene rings is 2. The predicted octanol–water partition coefficient (Wildman–Crippen LogP) is 3.74. The molecule has 0 spiro atoms. The van der Waals surface area contributed by atoms with Crippen molar-refractivity contribution in [1.29, 1.82) is 0 Å². The van der Waals surface area contributed by atoms with E-state index in [1.165, 1.54) is 11.1 Å². The molecular weight excluding hydrogens is 408 g/mol. The average molecular weight is 443 g/mol. The molecule has 32 heavy (non-hydrogen) atoms. The van der Waals surface area contributed by atoms with E-state index in [2.05, 4.69) is 29.6 Å². The number of nitrogens with one attached hydrogen (secondary N) is 1. The molecule has 2 aromatic rings. The molecule has 2 aromatic carbocycles. The molecule has 1 atom stereocenters. The lowest BCUT2D eigenvalue weighted by molar-refractivity contribution is -0.148. The molecule has 7 heteroatoms. The van der Waals surface area contributed by atoms with Crippen LogP contribution in [0.5, 0.6) is 0 Å². The molecule has 1 amide bonds. The standard InChI is InChI=1S/C25H34N2O5/c1-3-31-24(32-4-2)18-27(17-22(19-28)26-25(29)30)16-15-23(20-11-7-5-8-12-20)21-13-9-6-10-14-21/h5-14,19,22-24,26H,3-4,15-18H2,1-2H3,(H,29,30). The Balaban J connectivity index is 2.20. The molecule has 0 aromatic heterocycles. The van der Waals surface area contributed by atoms with Gasteiger partial charge in [-0.15, -0.1) is 0 Å². The van der Waals surface area contributed by atoms with Crippen molar-refractivity contribution in [3.8, 4) is 0 Å². The number of carbonyl (C=O) groups excluding carboxylic acids is 1. The monoisotopic (exact) mass is 442 g/mol. The molecule has 0 aliphatic carbocycles. The third-order valence-electron chi connectivity index (χ3n) is 5.18. The molecule has 174 valence electrons. The summed E-state index contributed by atoms with van der Waals surface area (Å²) in [5, 5.41) is 11.3. The van der Waals surface area contributed by atoms with Gasteiger partial charge in [0, 0.05) is 32.2 Å². The first-order valence-electron chi connectivity index (χ1n) is 11.1. The van der Waals surface area contributed by atoms with Crippen LogP contribution in [0.15, 0.2) is 60.7 Å². The Labute approximate surface area is 190 Å². The molecule has 1 unspecified atom stereocenters. The number of hydrogen-bond donors (Lipinski definition) is 2. The molecule has 0 bridgehead atoms. The van der Waals surface area contributed by atoms with Crippen LogP contribution in [0, 0.1) is 0 Å². The predicted molar refractivity (Wildman–Crippen MR) is 124 cm³/mol. The Kier molecular flexibility index (Phi) is 11.4. The maximum atomic E-state index is 11.5. The Morgan fingerprint density at radius 1 is 0.969 bits per heavy atom. The number of ether oxygens (including phenoxy) is 2. The normalized spacial score (nSPS) is 12.3. The highest BCUT2D eigenvalue weighted by Crippen LogP contribution is 2.28. The third kappa shape index (κ3) is 8.78. The maximum Gasteiger partial charge on any atom is 0.405 e. The fraction of sp³-hybridized carbons (Fsp3) is 0.440. The lowest BCUT2D eigenvalue weighted by Crippen LogP contribution is -2.47. The van der Waals surface area contributed by atoms with Crippen molar-refractivity contribution in [1.82, 2.24) is 10.2 Å². The van der Waals surface area contributed by atoms with E-state index in [0.29, 0.717) is 32.6 Å². The summed E-state index contributed by atoms with van der Waals surface area (Å²) in [7, 11) is 0. The van der Waals surface area contributed by atoms with Gasteiger partial charge in [0.2, 0.25) is 0 Å². The summed E-state index contributed by atoms with van der Waals surface area (Å²) >= 11 is 0. The zero-order valence-corrected chi connectivity index (χ0v) is 18.9. The lowest BCUT2D eigenvalue weighted by atomic mass is 9.88. The van der Waals surface area contributed by atoms with Gasteiger partial charge in [-0.2, -0.15) is 0 Å². The van der Waals surface area contributed by atoms with Crippen molar-refractivity contribution in [2.24, 2.45) is 0 Å². The molecule has 0 radical (unpaired) electrons. The molecule has 0 saturated heterocycles. The minimum absolute atomic E-state index is 0.166. The van der Waals surface area contributed by atoms with Gasteiger partial charge in [0.15, 0.2) is 6.29 Å². The average Bonchev–Trinajstić information content (AvgIpc) is 2.80. The molecule has 0 saturated carbocycles. The van der Waals surface area contributed by atoms with E-state index in [1.54, 1.807) is 0 Å². The summed E-state index contributed by atoms with van der Waals surface area (Å²) in [4.78, 5) is 24.6. The topological polar surface area (TPSA) is 88.1 Å². The van der Waals surface area contributed by atoms with Gasteiger partial charge in [-0.05, 0) is 37.9 Å². The highest BCUT2D eigenvalue weighted by Gasteiger charge is 2.22. The molecule has 0 heterocycles. The number of nitrogens with zero attached hydrogens (tertiary/aromatic N) is 1. The first-order chi connectivity index (χ1) is 15.6. The Morgan fingerprint density at radius 2 is 1.50 bits per heavy atom. The second-order valence-electron chi connectivity index (χ2n) is 7.45. The van der Waals surface area contributed by atoms with Gasteiger partial charge in [-0.25, -0.2) is 4.79 Å². The van der Waals surface area contributed by atoms with Crippen LogP contribution >= 0.6 is 0 Å². The van der Waals surface area contributed by atoms with Gasteiger partial charge < -0.3 is 24.7 Å². The van der Waals surface area contributed by atoms with Gasteiger partial charge in [0.05, 0.1) is 0 Å². The van der Waals surface area contributed by atoms with Gasteiger partial charge in [-0.3, -0.25) is 4.90 Å². The van der Waals surface area contributed by atoms with Crippen LogP contribution in [0.25, 0.3) is 0 Å². The Bertz CT molecular complexity index is 742. The van der Waals surface area contributed by atoms with E-state index in [-0.39, 0.29) is 12.5 Å². The van der Waals surface area contributed by atoms with Crippen LogP contribution in [0.1, 0.15) is 37.3 Å². The van der Waals surface area contributed by atoms with E-state index >= 15 is 0 Å². The fourth-order valence-electron chi connectivity index (χ4n) is 3.76. The number of amides is 1. The summed E-state index contributed by atoms with van der Waals surface area (Å²) in [6.07, 6.45) is -0.255. The summed E-state index contributed by atoms with van der Waals surface area (Å²) in [5.74, 6) is 0.166. The second kappa shape index (κ2) is 14.3. The number of rotatable bonds is 15. The van der Waals surface area contributed by atoms with Crippen molar-refractivity contribution < 1.29 is 24.2 Å². The van der Waals surface area contributed by atoms with Crippen molar-refractivity contribution in [2.75, 3.05) is 32.8 Å². The van der Waals surface area contributed by atoms with E-state index in [0.717, 1.165) is 6.42 Å². The number of hydrogen-bond acceptors (Lipinski definition) is 5. The third-order valence-corrected chi connectivity index (χ3v) is 5.18. The minimum atomic E-state index is -1.22. The summed E-state index contributed by atoms with van der Waals surface area (Å²) in [5.41, 5.74) is 2.42. The van der Waals surface area contributed by atoms with E-state index in [1.807, 2.05) is 55.1 Å². The van der Waals surface area contributed by atoms with Crippen molar-refractivity contribution in [2.45, 2.75) is 38.5 Å². The van der Waals surface area contributed by atoms with Crippen LogP contribution in [0.4, 0.5) is 4.79 Å². The first-order valence-corrected chi connectivity index (χ1v) is 11.1. The van der Waals surface area contributed by atoms with Gasteiger partial charge in [0.25, 0.3) is 0 Å². The highest BCUT2D eigenvalue weighted by molar-refractivity contribution is 5.71. The number of aldehydes is 1. The van der Waals surface area contributed by atoms with Crippen LogP contribution < -0.4 is 5.32 Å². The molecule has 2 N–H and O–H groups in total. The van der Waals surface area contributed by atoms with Crippen molar-refractivity contribution in [3.63, 3.8) is 0 Å². The number of carbonyl (C=O) groups is 2. The molecule has 0 aliphatic heterocycles. The molecule has 2 rings (SSSR count). The van der Waals surface area contributed by atoms with E-state index in [4.69, 9.17) is 14.6 Å². The zero-order valence-electron chi connectivity index (χ0n) is 18.9. The number of carboxylic acid groups (broad SMARTS) is 1. The lowest BCUT2D eigenvalue weighted by Gasteiger charge is -2.30.